The first-order chi connectivity index (χ1) is 17.6. The van der Waals surface area contributed by atoms with Crippen molar-refractivity contribution in [3.05, 3.63) is 23.8 Å². The number of aliphatic hydroxyl groups is 1. The van der Waals surface area contributed by atoms with E-state index in [4.69, 9.17) is 18.9 Å². The molecule has 0 radical (unpaired) electrons. The predicted octanol–water partition coefficient (Wildman–Crippen LogP) is 1.16. The van der Waals surface area contributed by atoms with E-state index in [2.05, 4.69) is 10.2 Å². The third kappa shape index (κ3) is 6.11. The van der Waals surface area contributed by atoms with Crippen molar-refractivity contribution in [2.75, 3.05) is 52.7 Å². The van der Waals surface area contributed by atoms with E-state index in [1.165, 1.54) is 19.3 Å². The van der Waals surface area contributed by atoms with Crippen molar-refractivity contribution < 1.29 is 33.6 Å². The quantitative estimate of drug-likeness (QED) is 0.595. The fourth-order valence-electron chi connectivity index (χ4n) is 5.59. The molecule has 5 rings (SSSR count). The van der Waals surface area contributed by atoms with Gasteiger partial charge in [0.1, 0.15) is 6.10 Å². The van der Waals surface area contributed by atoms with Gasteiger partial charge < -0.3 is 39.2 Å². The summed E-state index contributed by atoms with van der Waals surface area (Å²) in [6.07, 6.45) is 4.01. The molecule has 0 spiro atoms. The molecule has 10 nitrogen and oxygen atoms in total. The topological polar surface area (TPSA) is 110 Å². The van der Waals surface area contributed by atoms with E-state index in [1.54, 1.807) is 23.1 Å². The number of rotatable bonds is 6. The minimum absolute atomic E-state index is 0.00839. The molecule has 4 aliphatic rings. The molecule has 36 heavy (non-hydrogen) atoms. The summed E-state index contributed by atoms with van der Waals surface area (Å²) in [5.74, 6) is 0.954. The number of amides is 2. The maximum Gasteiger partial charge on any atom is 0.254 e. The van der Waals surface area contributed by atoms with Gasteiger partial charge >= 0.3 is 0 Å². The lowest BCUT2D eigenvalue weighted by Gasteiger charge is -2.44. The molecule has 4 aliphatic heterocycles. The van der Waals surface area contributed by atoms with Crippen LogP contribution in [0.4, 0.5) is 0 Å². The largest absolute Gasteiger partial charge is 0.454 e. The molecule has 1 aromatic carbocycles. The highest BCUT2D eigenvalue weighted by molar-refractivity contribution is 5.95. The Kier molecular flexibility index (Phi) is 8.25. The summed E-state index contributed by atoms with van der Waals surface area (Å²) >= 11 is 0. The molecule has 1 aromatic rings. The number of nitrogens with one attached hydrogen (secondary N) is 1. The highest BCUT2D eigenvalue weighted by Crippen LogP contribution is 2.34. The Hall–Kier alpha value is -2.40. The zero-order valence-corrected chi connectivity index (χ0v) is 20.7. The lowest BCUT2D eigenvalue weighted by molar-refractivity contribution is -0.150. The van der Waals surface area contributed by atoms with Crippen molar-refractivity contribution in [3.63, 3.8) is 0 Å². The summed E-state index contributed by atoms with van der Waals surface area (Å²) in [6.45, 7) is 4.43. The summed E-state index contributed by atoms with van der Waals surface area (Å²) in [4.78, 5) is 30.2. The number of carbonyl (C=O) groups excluding carboxylic acids is 2. The lowest BCUT2D eigenvalue weighted by atomic mass is 9.94. The second-order valence-corrected chi connectivity index (χ2v) is 10.1. The fourth-order valence-corrected chi connectivity index (χ4v) is 5.59. The number of likely N-dealkylation sites (tertiary alicyclic amines) is 1. The number of nitrogens with zero attached hydrogens (tertiary/aromatic N) is 2. The number of β-amino-alcohol motifs (C(OH)–C–C–N with tert-alkyl or cyclic N) is 1. The molecule has 4 atom stereocenters. The summed E-state index contributed by atoms with van der Waals surface area (Å²) in [5, 5.41) is 13.4. The third-order valence-corrected chi connectivity index (χ3v) is 7.47. The fraction of sp³-hybridized carbons (Fsp3) is 0.692. The van der Waals surface area contributed by atoms with Gasteiger partial charge in [-0.25, -0.2) is 0 Å². The third-order valence-electron chi connectivity index (χ3n) is 7.47. The minimum atomic E-state index is -0.785. The SMILES string of the molecule is O=C(C[C@@H]1CC[C@H]2[C@@H](COC[C@@H](O)CN2C(=O)c2ccc3c(c2)OCO3)O1)NCCN1CCCCC1. The van der Waals surface area contributed by atoms with Crippen LogP contribution in [0.15, 0.2) is 18.2 Å². The van der Waals surface area contributed by atoms with Crippen LogP contribution in [-0.4, -0.2) is 104 Å². The number of fused-ring (bicyclic) bond motifs is 2. The Bertz CT molecular complexity index is 923. The van der Waals surface area contributed by atoms with Crippen LogP contribution in [0.25, 0.3) is 0 Å². The lowest BCUT2D eigenvalue weighted by Crippen LogP contribution is -2.57. The molecule has 198 valence electrons. The molecule has 0 unspecified atom stereocenters. The molecule has 3 fully saturated rings. The normalized spacial score (nSPS) is 28.6. The average molecular weight is 504 g/mol. The van der Waals surface area contributed by atoms with Crippen LogP contribution in [0.2, 0.25) is 0 Å². The van der Waals surface area contributed by atoms with Crippen molar-refractivity contribution in [2.24, 2.45) is 0 Å². The van der Waals surface area contributed by atoms with E-state index in [-0.39, 0.29) is 56.6 Å². The summed E-state index contributed by atoms with van der Waals surface area (Å²) < 4.78 is 22.8. The number of hydrogen-bond acceptors (Lipinski definition) is 8. The number of benzene rings is 1. The van der Waals surface area contributed by atoms with E-state index in [0.29, 0.717) is 42.9 Å². The Morgan fingerprint density at radius 2 is 1.89 bits per heavy atom. The van der Waals surface area contributed by atoms with Crippen LogP contribution in [0.1, 0.15) is 48.9 Å². The molecule has 4 heterocycles. The van der Waals surface area contributed by atoms with Crippen LogP contribution in [0, 0.1) is 0 Å². The van der Waals surface area contributed by atoms with Crippen LogP contribution >= 0.6 is 0 Å². The van der Waals surface area contributed by atoms with Gasteiger partial charge in [-0.15, -0.1) is 0 Å². The van der Waals surface area contributed by atoms with Crippen molar-refractivity contribution in [2.45, 2.75) is 62.9 Å². The van der Waals surface area contributed by atoms with Gasteiger partial charge in [0.15, 0.2) is 11.5 Å². The van der Waals surface area contributed by atoms with Crippen molar-refractivity contribution in [3.8, 4) is 11.5 Å². The van der Waals surface area contributed by atoms with Gasteiger partial charge in [0.05, 0.1) is 37.9 Å². The number of piperidine rings is 1. The molecule has 10 heteroatoms. The zero-order valence-electron chi connectivity index (χ0n) is 20.7. The van der Waals surface area contributed by atoms with Gasteiger partial charge in [-0.1, -0.05) is 6.42 Å². The van der Waals surface area contributed by atoms with Crippen molar-refractivity contribution in [1.29, 1.82) is 0 Å². The standard InChI is InChI=1S/C26H37N3O7/c30-19-14-29(26(32)18-4-7-22-23(12-18)35-17-34-22)21-6-5-20(36-24(21)16-33-15-19)13-25(31)27-8-11-28-9-2-1-3-10-28/h4,7,12,19-21,24,30H,1-3,5-6,8-11,13-17H2,(H,27,31)/t19-,20-,21-,24+/m0/s1. The first kappa shape index (κ1) is 25.3. The van der Waals surface area contributed by atoms with Crippen LogP contribution in [-0.2, 0) is 14.3 Å². The number of carbonyl (C=O) groups is 2. The molecule has 3 saturated heterocycles. The average Bonchev–Trinajstić information content (AvgIpc) is 3.35. The molecule has 0 aromatic heterocycles. The number of ether oxygens (including phenoxy) is 4. The maximum absolute atomic E-state index is 13.5. The smallest absolute Gasteiger partial charge is 0.254 e. The van der Waals surface area contributed by atoms with Gasteiger partial charge in [0, 0.05) is 25.2 Å². The number of aliphatic hydroxyl groups excluding tert-OH is 1. The van der Waals surface area contributed by atoms with Gasteiger partial charge in [-0.05, 0) is 57.0 Å². The van der Waals surface area contributed by atoms with Gasteiger partial charge in [-0.3, -0.25) is 9.59 Å². The van der Waals surface area contributed by atoms with Gasteiger partial charge in [-0.2, -0.15) is 0 Å². The molecular formula is C26H37N3O7. The Balaban J connectivity index is 1.18. The number of hydrogen-bond donors (Lipinski definition) is 2. The van der Waals surface area contributed by atoms with Crippen molar-refractivity contribution in [1.82, 2.24) is 15.1 Å². The van der Waals surface area contributed by atoms with Crippen LogP contribution < -0.4 is 14.8 Å². The minimum Gasteiger partial charge on any atom is -0.454 e. The predicted molar refractivity (Wildman–Crippen MR) is 130 cm³/mol. The first-order valence-corrected chi connectivity index (χ1v) is 13.2. The highest BCUT2D eigenvalue weighted by atomic mass is 16.7. The monoisotopic (exact) mass is 503 g/mol. The Morgan fingerprint density at radius 1 is 1.06 bits per heavy atom. The Morgan fingerprint density at radius 3 is 2.75 bits per heavy atom. The van der Waals surface area contributed by atoms with Gasteiger partial charge in [0.2, 0.25) is 12.7 Å². The Labute approximate surface area is 211 Å². The molecule has 0 saturated carbocycles. The second kappa shape index (κ2) is 11.8. The highest BCUT2D eigenvalue weighted by Gasteiger charge is 2.40. The molecule has 0 aliphatic carbocycles. The van der Waals surface area contributed by atoms with Crippen LogP contribution in [0.5, 0.6) is 11.5 Å². The van der Waals surface area contributed by atoms with Crippen LogP contribution in [0.3, 0.4) is 0 Å². The molecular weight excluding hydrogens is 466 g/mol. The van der Waals surface area contributed by atoms with Gasteiger partial charge in [0.25, 0.3) is 5.91 Å². The molecule has 2 N–H and O–H groups in total. The van der Waals surface area contributed by atoms with E-state index in [0.717, 1.165) is 19.6 Å². The van der Waals surface area contributed by atoms with E-state index in [9.17, 15) is 14.7 Å². The molecule has 2 amide bonds. The summed E-state index contributed by atoms with van der Waals surface area (Å²) in [7, 11) is 0. The van der Waals surface area contributed by atoms with E-state index >= 15 is 0 Å². The van der Waals surface area contributed by atoms with Crippen molar-refractivity contribution >= 4 is 11.8 Å². The zero-order chi connectivity index (χ0) is 24.9. The second-order valence-electron chi connectivity index (χ2n) is 10.1. The maximum atomic E-state index is 13.5. The summed E-state index contributed by atoms with van der Waals surface area (Å²) in [5.41, 5.74) is 0.474. The summed E-state index contributed by atoms with van der Waals surface area (Å²) in [6, 6.07) is 4.87. The van der Waals surface area contributed by atoms with E-state index in [1.807, 2.05) is 0 Å². The molecule has 0 bridgehead atoms. The first-order valence-electron chi connectivity index (χ1n) is 13.2. The van der Waals surface area contributed by atoms with E-state index < -0.39 is 6.10 Å².